The number of hydrogen-bond donors (Lipinski definition) is 1. The molecule has 1 nitrogen and oxygen atoms in total. The lowest BCUT2D eigenvalue weighted by atomic mass is 10.1. The molecule has 1 N–H and O–H groups in total. The summed E-state index contributed by atoms with van der Waals surface area (Å²) in [5.74, 6) is 0.882. The van der Waals surface area contributed by atoms with E-state index in [4.69, 9.17) is 0 Å². The van der Waals surface area contributed by atoms with E-state index in [0.717, 1.165) is 12.5 Å². The van der Waals surface area contributed by atoms with Gasteiger partial charge >= 0.3 is 0 Å². The van der Waals surface area contributed by atoms with Crippen molar-refractivity contribution in [1.82, 2.24) is 5.32 Å². The second-order valence-electron chi connectivity index (χ2n) is 5.93. The number of rotatable bonds is 5. The molecule has 86 valence electrons. The third-order valence-corrected chi connectivity index (χ3v) is 4.01. The van der Waals surface area contributed by atoms with Crippen LogP contribution in [0.2, 0.25) is 0 Å². The van der Waals surface area contributed by atoms with Gasteiger partial charge in [-0.05, 0) is 48.1 Å². The maximum absolute atomic E-state index is 3.57. The van der Waals surface area contributed by atoms with E-state index in [1.807, 2.05) is 0 Å². The molecule has 2 saturated carbocycles. The Kier molecular flexibility index (Phi) is 2.51. The molecule has 0 aromatic heterocycles. The van der Waals surface area contributed by atoms with E-state index in [1.54, 1.807) is 0 Å². The van der Waals surface area contributed by atoms with Crippen molar-refractivity contribution in [2.75, 3.05) is 6.54 Å². The first kappa shape index (κ1) is 10.3. The number of benzene rings is 1. The summed E-state index contributed by atoms with van der Waals surface area (Å²) in [5, 5.41) is 3.57. The molecule has 2 aliphatic carbocycles. The lowest BCUT2D eigenvalue weighted by molar-refractivity contribution is 0.499. The molecule has 0 radical (unpaired) electrons. The quantitative estimate of drug-likeness (QED) is 0.793. The summed E-state index contributed by atoms with van der Waals surface area (Å²) in [6.07, 6.45) is 5.60. The number of hydrogen-bond acceptors (Lipinski definition) is 1. The highest BCUT2D eigenvalue weighted by Crippen LogP contribution is 2.44. The Morgan fingerprint density at radius 3 is 2.44 bits per heavy atom. The summed E-state index contributed by atoms with van der Waals surface area (Å²) in [5.41, 5.74) is 3.58. The smallest absolute Gasteiger partial charge is 0.0205 e. The Morgan fingerprint density at radius 1 is 1.19 bits per heavy atom. The molecule has 0 spiro atoms. The van der Waals surface area contributed by atoms with Crippen LogP contribution in [0.4, 0.5) is 0 Å². The zero-order chi connectivity index (χ0) is 11.0. The second kappa shape index (κ2) is 3.89. The Bertz CT molecular complexity index is 358. The standard InChI is InChI=1S/C15H21N/c1-15(8-9-15)11-16-10-12-2-4-13(5-3-12)14-6-7-14/h2-5,14,16H,6-11H2,1H3. The first-order valence-electron chi connectivity index (χ1n) is 6.55. The Labute approximate surface area is 98.3 Å². The van der Waals surface area contributed by atoms with Crippen molar-refractivity contribution in [3.8, 4) is 0 Å². The summed E-state index contributed by atoms with van der Waals surface area (Å²) in [6, 6.07) is 9.20. The molecule has 3 rings (SSSR count). The van der Waals surface area contributed by atoms with E-state index in [1.165, 1.54) is 43.4 Å². The van der Waals surface area contributed by atoms with E-state index in [2.05, 4.69) is 36.5 Å². The van der Waals surface area contributed by atoms with Crippen LogP contribution >= 0.6 is 0 Å². The molecule has 1 aromatic rings. The Balaban J connectivity index is 1.49. The summed E-state index contributed by atoms with van der Waals surface area (Å²) < 4.78 is 0. The fraction of sp³-hybridized carbons (Fsp3) is 0.600. The average molecular weight is 215 g/mol. The molecule has 0 saturated heterocycles. The van der Waals surface area contributed by atoms with Crippen molar-refractivity contribution in [1.29, 1.82) is 0 Å². The molecule has 16 heavy (non-hydrogen) atoms. The molecule has 2 aliphatic rings. The van der Waals surface area contributed by atoms with Crippen molar-refractivity contribution in [2.24, 2.45) is 5.41 Å². The van der Waals surface area contributed by atoms with Crippen LogP contribution in [-0.2, 0) is 6.54 Å². The van der Waals surface area contributed by atoms with E-state index >= 15 is 0 Å². The van der Waals surface area contributed by atoms with Gasteiger partial charge < -0.3 is 5.32 Å². The maximum atomic E-state index is 3.57. The van der Waals surface area contributed by atoms with Crippen LogP contribution in [0, 0.1) is 5.41 Å². The summed E-state index contributed by atoms with van der Waals surface area (Å²) in [4.78, 5) is 0. The van der Waals surface area contributed by atoms with Crippen molar-refractivity contribution >= 4 is 0 Å². The molecular weight excluding hydrogens is 194 g/mol. The highest BCUT2D eigenvalue weighted by molar-refractivity contribution is 5.27. The van der Waals surface area contributed by atoms with E-state index < -0.39 is 0 Å². The van der Waals surface area contributed by atoms with E-state index in [9.17, 15) is 0 Å². The van der Waals surface area contributed by atoms with E-state index in [-0.39, 0.29) is 0 Å². The molecule has 0 heterocycles. The van der Waals surface area contributed by atoms with Crippen molar-refractivity contribution in [3.05, 3.63) is 35.4 Å². The summed E-state index contributed by atoms with van der Waals surface area (Å²) in [7, 11) is 0. The van der Waals surface area contributed by atoms with Crippen molar-refractivity contribution in [2.45, 2.75) is 45.1 Å². The van der Waals surface area contributed by atoms with Gasteiger partial charge in [0.25, 0.3) is 0 Å². The van der Waals surface area contributed by atoms with Crippen LogP contribution < -0.4 is 5.32 Å². The molecule has 0 bridgehead atoms. The minimum atomic E-state index is 0.619. The largest absolute Gasteiger partial charge is 0.312 e. The van der Waals surface area contributed by atoms with Gasteiger partial charge in [0.15, 0.2) is 0 Å². The minimum absolute atomic E-state index is 0.619. The van der Waals surface area contributed by atoms with Gasteiger partial charge in [-0.1, -0.05) is 31.2 Å². The van der Waals surface area contributed by atoms with Crippen LogP contribution in [-0.4, -0.2) is 6.54 Å². The van der Waals surface area contributed by atoms with Crippen LogP contribution in [0.25, 0.3) is 0 Å². The van der Waals surface area contributed by atoms with Crippen molar-refractivity contribution < 1.29 is 0 Å². The maximum Gasteiger partial charge on any atom is 0.0205 e. The van der Waals surface area contributed by atoms with Crippen LogP contribution in [0.1, 0.15) is 49.7 Å². The van der Waals surface area contributed by atoms with Gasteiger partial charge in [0, 0.05) is 13.1 Å². The highest BCUT2D eigenvalue weighted by atomic mass is 14.9. The lowest BCUT2D eigenvalue weighted by Gasteiger charge is -2.10. The fourth-order valence-electron chi connectivity index (χ4n) is 2.22. The van der Waals surface area contributed by atoms with Crippen LogP contribution in [0.15, 0.2) is 24.3 Å². The third-order valence-electron chi connectivity index (χ3n) is 4.01. The van der Waals surface area contributed by atoms with Gasteiger partial charge in [-0.15, -0.1) is 0 Å². The van der Waals surface area contributed by atoms with Gasteiger partial charge in [-0.25, -0.2) is 0 Å². The molecular formula is C15H21N. The minimum Gasteiger partial charge on any atom is -0.312 e. The zero-order valence-electron chi connectivity index (χ0n) is 10.1. The first-order chi connectivity index (χ1) is 7.75. The van der Waals surface area contributed by atoms with Crippen LogP contribution in [0.5, 0.6) is 0 Å². The monoisotopic (exact) mass is 215 g/mol. The number of nitrogens with one attached hydrogen (secondary N) is 1. The lowest BCUT2D eigenvalue weighted by Crippen LogP contribution is -2.21. The topological polar surface area (TPSA) is 12.0 Å². The third kappa shape index (κ3) is 2.46. The Hall–Kier alpha value is -0.820. The SMILES string of the molecule is CC1(CNCc2ccc(C3CC3)cc2)CC1. The molecule has 0 amide bonds. The predicted octanol–water partition coefficient (Wildman–Crippen LogP) is 3.45. The molecule has 1 aromatic carbocycles. The Morgan fingerprint density at radius 2 is 1.88 bits per heavy atom. The average Bonchev–Trinajstić information content (AvgIpc) is 3.16. The zero-order valence-corrected chi connectivity index (χ0v) is 10.1. The van der Waals surface area contributed by atoms with Gasteiger partial charge in [0.2, 0.25) is 0 Å². The molecule has 0 unspecified atom stereocenters. The second-order valence-corrected chi connectivity index (χ2v) is 5.93. The molecule has 2 fully saturated rings. The highest BCUT2D eigenvalue weighted by Gasteiger charge is 2.36. The molecule has 0 atom stereocenters. The summed E-state index contributed by atoms with van der Waals surface area (Å²) >= 11 is 0. The predicted molar refractivity (Wildman–Crippen MR) is 67.5 cm³/mol. The summed E-state index contributed by atoms with van der Waals surface area (Å²) in [6.45, 7) is 4.58. The van der Waals surface area contributed by atoms with Crippen LogP contribution in [0.3, 0.4) is 0 Å². The first-order valence-corrected chi connectivity index (χ1v) is 6.55. The van der Waals surface area contributed by atoms with Gasteiger partial charge in [0.05, 0.1) is 0 Å². The normalized spacial score (nSPS) is 22.1. The fourth-order valence-corrected chi connectivity index (χ4v) is 2.22. The van der Waals surface area contributed by atoms with Gasteiger partial charge in [0.1, 0.15) is 0 Å². The van der Waals surface area contributed by atoms with Gasteiger partial charge in [-0.3, -0.25) is 0 Å². The van der Waals surface area contributed by atoms with Gasteiger partial charge in [-0.2, -0.15) is 0 Å². The van der Waals surface area contributed by atoms with E-state index in [0.29, 0.717) is 5.41 Å². The molecule has 1 heteroatoms. The van der Waals surface area contributed by atoms with Crippen molar-refractivity contribution in [3.63, 3.8) is 0 Å². The molecule has 0 aliphatic heterocycles.